The van der Waals surface area contributed by atoms with Crippen LogP contribution in [0.4, 0.5) is 5.69 Å². The number of anilines is 1. The lowest BCUT2D eigenvalue weighted by atomic mass is 9.88. The van der Waals surface area contributed by atoms with Crippen molar-refractivity contribution in [2.75, 3.05) is 32.1 Å². The van der Waals surface area contributed by atoms with Crippen molar-refractivity contribution < 1.29 is 4.79 Å². The van der Waals surface area contributed by atoms with E-state index in [0.29, 0.717) is 0 Å². The van der Waals surface area contributed by atoms with Gasteiger partial charge in [-0.25, -0.2) is 0 Å². The molecule has 2 heterocycles. The fraction of sp³-hybridized carbons (Fsp3) is 0.409. The highest BCUT2D eigenvalue weighted by atomic mass is 16.1. The number of rotatable bonds is 4. The lowest BCUT2D eigenvalue weighted by Gasteiger charge is -2.37. The lowest BCUT2D eigenvalue weighted by molar-refractivity contribution is 0.103. The lowest BCUT2D eigenvalue weighted by Crippen LogP contribution is -2.34. The molecule has 0 amide bonds. The summed E-state index contributed by atoms with van der Waals surface area (Å²) in [5.41, 5.74) is 7.05. The molecule has 0 spiro atoms. The molecule has 2 aromatic carbocycles. The van der Waals surface area contributed by atoms with Crippen molar-refractivity contribution in [2.45, 2.75) is 32.2 Å². The van der Waals surface area contributed by atoms with E-state index in [9.17, 15) is 4.79 Å². The Labute approximate surface area is 150 Å². The molecular weight excluding hydrogens is 308 g/mol. The second kappa shape index (κ2) is 6.64. The van der Waals surface area contributed by atoms with E-state index >= 15 is 0 Å². The highest BCUT2D eigenvalue weighted by Gasteiger charge is 2.25. The largest absolute Gasteiger partial charge is 0.371 e. The molecule has 3 heteroatoms. The second-order valence-corrected chi connectivity index (χ2v) is 7.60. The molecule has 2 aromatic rings. The van der Waals surface area contributed by atoms with Crippen molar-refractivity contribution in [3.05, 3.63) is 64.2 Å². The molecule has 2 aliphatic rings. The molecule has 0 saturated carbocycles. The Morgan fingerprint density at radius 1 is 0.960 bits per heavy atom. The average molecular weight is 334 g/mol. The van der Waals surface area contributed by atoms with Crippen molar-refractivity contribution in [2.24, 2.45) is 0 Å². The predicted octanol–water partition coefficient (Wildman–Crippen LogP) is 3.68. The van der Waals surface area contributed by atoms with Gasteiger partial charge in [0, 0.05) is 36.4 Å². The first-order valence-electron chi connectivity index (χ1n) is 9.31. The molecule has 0 N–H and O–H groups in total. The number of hydrogen-bond donors (Lipinski definition) is 0. The zero-order valence-corrected chi connectivity index (χ0v) is 15.2. The Morgan fingerprint density at radius 2 is 1.56 bits per heavy atom. The standard InChI is InChI=1S/C22H26N2O/c1-23(2)15-16-7-9-17(10-8-16)22(25)20-13-18-5-3-11-24-12-4-6-19(14-20)21(18)24/h7-10,13-14H,3-6,11-12,15H2,1-2H3. The number of aryl methyl sites for hydroxylation is 2. The van der Waals surface area contributed by atoms with E-state index in [4.69, 9.17) is 0 Å². The fourth-order valence-corrected chi connectivity index (χ4v) is 4.23. The van der Waals surface area contributed by atoms with Gasteiger partial charge >= 0.3 is 0 Å². The van der Waals surface area contributed by atoms with Crippen LogP contribution < -0.4 is 4.90 Å². The first-order valence-corrected chi connectivity index (χ1v) is 9.31. The molecule has 0 bridgehead atoms. The van der Waals surface area contributed by atoms with Gasteiger partial charge in [0.05, 0.1) is 0 Å². The van der Waals surface area contributed by atoms with Crippen LogP contribution in [0.25, 0.3) is 0 Å². The zero-order valence-electron chi connectivity index (χ0n) is 15.2. The van der Waals surface area contributed by atoms with Gasteiger partial charge in [0.15, 0.2) is 5.78 Å². The molecule has 2 aliphatic heterocycles. The number of nitrogens with zero attached hydrogens (tertiary/aromatic N) is 2. The fourth-order valence-electron chi connectivity index (χ4n) is 4.23. The smallest absolute Gasteiger partial charge is 0.193 e. The first kappa shape index (κ1) is 16.3. The van der Waals surface area contributed by atoms with Crippen molar-refractivity contribution >= 4 is 11.5 Å². The Morgan fingerprint density at radius 3 is 2.12 bits per heavy atom. The number of hydrogen-bond acceptors (Lipinski definition) is 3. The van der Waals surface area contributed by atoms with Crippen LogP contribution in [-0.2, 0) is 19.4 Å². The predicted molar refractivity (Wildman–Crippen MR) is 103 cm³/mol. The molecule has 25 heavy (non-hydrogen) atoms. The number of carbonyl (C=O) groups is 1. The first-order chi connectivity index (χ1) is 12.1. The third-order valence-corrected chi connectivity index (χ3v) is 5.31. The van der Waals surface area contributed by atoms with Crippen LogP contribution in [0.3, 0.4) is 0 Å². The van der Waals surface area contributed by atoms with Gasteiger partial charge in [-0.05, 0) is 68.6 Å². The highest BCUT2D eigenvalue weighted by molar-refractivity contribution is 6.09. The van der Waals surface area contributed by atoms with Crippen molar-refractivity contribution in [3.8, 4) is 0 Å². The highest BCUT2D eigenvalue weighted by Crippen LogP contribution is 2.36. The van der Waals surface area contributed by atoms with Crippen LogP contribution in [0.1, 0.15) is 45.5 Å². The van der Waals surface area contributed by atoms with Gasteiger partial charge in [0.25, 0.3) is 0 Å². The van der Waals surface area contributed by atoms with Crippen molar-refractivity contribution in [1.82, 2.24) is 4.90 Å². The van der Waals surface area contributed by atoms with Gasteiger partial charge in [-0.2, -0.15) is 0 Å². The molecule has 0 radical (unpaired) electrons. The number of carbonyl (C=O) groups excluding carboxylic acids is 1. The minimum absolute atomic E-state index is 0.151. The average Bonchev–Trinajstić information content (AvgIpc) is 2.62. The van der Waals surface area contributed by atoms with Gasteiger partial charge < -0.3 is 9.80 Å². The van der Waals surface area contributed by atoms with Crippen LogP contribution in [0.5, 0.6) is 0 Å². The van der Waals surface area contributed by atoms with Gasteiger partial charge in [-0.1, -0.05) is 24.3 Å². The normalized spacial score (nSPS) is 16.0. The Hall–Kier alpha value is -2.13. The molecule has 3 nitrogen and oxygen atoms in total. The van der Waals surface area contributed by atoms with Crippen molar-refractivity contribution in [3.63, 3.8) is 0 Å². The van der Waals surface area contributed by atoms with E-state index in [1.807, 2.05) is 12.1 Å². The second-order valence-electron chi connectivity index (χ2n) is 7.60. The van der Waals surface area contributed by atoms with E-state index in [-0.39, 0.29) is 5.78 Å². The van der Waals surface area contributed by atoms with E-state index in [1.54, 1.807) is 0 Å². The van der Waals surface area contributed by atoms with Gasteiger partial charge in [-0.15, -0.1) is 0 Å². The maximum absolute atomic E-state index is 13.0. The maximum Gasteiger partial charge on any atom is 0.193 e. The monoisotopic (exact) mass is 334 g/mol. The Balaban J connectivity index is 1.64. The van der Waals surface area contributed by atoms with Gasteiger partial charge in [0.2, 0.25) is 0 Å². The quantitative estimate of drug-likeness (QED) is 0.797. The van der Waals surface area contributed by atoms with Crippen LogP contribution in [-0.4, -0.2) is 37.9 Å². The van der Waals surface area contributed by atoms with E-state index in [2.05, 4.69) is 48.2 Å². The summed E-state index contributed by atoms with van der Waals surface area (Å²) < 4.78 is 0. The van der Waals surface area contributed by atoms with E-state index < -0.39 is 0 Å². The van der Waals surface area contributed by atoms with E-state index in [0.717, 1.165) is 30.5 Å². The summed E-state index contributed by atoms with van der Waals surface area (Å²) in [6.45, 7) is 3.23. The summed E-state index contributed by atoms with van der Waals surface area (Å²) in [5, 5.41) is 0. The summed E-state index contributed by atoms with van der Waals surface area (Å²) in [6, 6.07) is 12.4. The van der Waals surface area contributed by atoms with Crippen LogP contribution >= 0.6 is 0 Å². The third-order valence-electron chi connectivity index (χ3n) is 5.31. The minimum Gasteiger partial charge on any atom is -0.371 e. The zero-order chi connectivity index (χ0) is 17.4. The molecule has 0 aliphatic carbocycles. The third kappa shape index (κ3) is 3.21. The molecule has 4 rings (SSSR count). The van der Waals surface area contributed by atoms with Crippen LogP contribution in [0.15, 0.2) is 36.4 Å². The summed E-state index contributed by atoms with van der Waals surface area (Å²) in [7, 11) is 4.11. The molecular formula is C22H26N2O. The van der Waals surface area contributed by atoms with E-state index in [1.165, 1.54) is 48.3 Å². The maximum atomic E-state index is 13.0. The summed E-state index contributed by atoms with van der Waals surface area (Å²) in [5.74, 6) is 0.151. The number of ketones is 1. The minimum atomic E-state index is 0.151. The van der Waals surface area contributed by atoms with Gasteiger partial charge in [-0.3, -0.25) is 4.79 Å². The summed E-state index contributed by atoms with van der Waals surface area (Å²) in [4.78, 5) is 17.7. The van der Waals surface area contributed by atoms with Crippen LogP contribution in [0, 0.1) is 0 Å². The molecule has 0 saturated heterocycles. The topological polar surface area (TPSA) is 23.6 Å². The molecule has 0 atom stereocenters. The van der Waals surface area contributed by atoms with Crippen molar-refractivity contribution in [1.29, 1.82) is 0 Å². The molecule has 0 fully saturated rings. The summed E-state index contributed by atoms with van der Waals surface area (Å²) in [6.07, 6.45) is 4.59. The molecule has 0 unspecified atom stereocenters. The summed E-state index contributed by atoms with van der Waals surface area (Å²) >= 11 is 0. The Kier molecular flexibility index (Phi) is 4.34. The van der Waals surface area contributed by atoms with Crippen LogP contribution in [0.2, 0.25) is 0 Å². The number of benzene rings is 2. The van der Waals surface area contributed by atoms with Gasteiger partial charge in [0.1, 0.15) is 0 Å². The Bertz CT molecular complexity index is 761. The molecule has 130 valence electrons. The SMILES string of the molecule is CN(C)Cc1ccc(C(=O)c2cc3c4c(c2)CCCN4CCC3)cc1. The molecule has 0 aromatic heterocycles.